The van der Waals surface area contributed by atoms with Crippen molar-refractivity contribution in [1.29, 1.82) is 0 Å². The number of methoxy groups -OCH3 is 1. The van der Waals surface area contributed by atoms with Crippen molar-refractivity contribution in [3.05, 3.63) is 59.2 Å². The molecule has 2 rings (SSSR count). The topological polar surface area (TPSA) is 47.6 Å². The van der Waals surface area contributed by atoms with Gasteiger partial charge in [-0.2, -0.15) is 8.78 Å². The molecule has 2 aromatic carbocycles. The highest BCUT2D eigenvalue weighted by Gasteiger charge is 2.14. The molecule has 0 radical (unpaired) electrons. The molecule has 4 nitrogen and oxygen atoms in total. The minimum atomic E-state index is -2.99. The van der Waals surface area contributed by atoms with Gasteiger partial charge in [-0.15, -0.1) is 0 Å². The smallest absolute Gasteiger partial charge is 0.387 e. The average Bonchev–Trinajstić information content (AvgIpc) is 2.53. The summed E-state index contributed by atoms with van der Waals surface area (Å²) in [5, 5.41) is 2.44. The number of amides is 1. The van der Waals surface area contributed by atoms with E-state index in [1.54, 1.807) is 0 Å². The number of alkyl halides is 2. The van der Waals surface area contributed by atoms with E-state index >= 15 is 0 Å². The molecule has 0 aliphatic carbocycles. The number of ether oxygens (including phenoxy) is 2. The van der Waals surface area contributed by atoms with E-state index in [2.05, 4.69) is 10.1 Å². The van der Waals surface area contributed by atoms with Crippen LogP contribution in [0.15, 0.2) is 36.4 Å². The van der Waals surface area contributed by atoms with Crippen molar-refractivity contribution in [3.63, 3.8) is 0 Å². The third-order valence-corrected chi connectivity index (χ3v) is 3.07. The molecule has 0 bridgehead atoms. The van der Waals surface area contributed by atoms with Crippen LogP contribution in [0.3, 0.4) is 0 Å². The summed E-state index contributed by atoms with van der Waals surface area (Å²) in [5.41, 5.74) is 0.213. The Morgan fingerprint density at radius 3 is 2.50 bits per heavy atom. The molecule has 0 spiro atoms. The van der Waals surface area contributed by atoms with E-state index in [0.29, 0.717) is 11.6 Å². The summed E-state index contributed by atoms with van der Waals surface area (Å²) in [6.45, 7) is -3.01. The lowest BCUT2D eigenvalue weighted by Gasteiger charge is -2.12. The van der Waals surface area contributed by atoms with Crippen LogP contribution in [0, 0.1) is 11.6 Å². The summed E-state index contributed by atoms with van der Waals surface area (Å²) in [7, 11) is 1.28. The van der Waals surface area contributed by atoms with Crippen LogP contribution in [0.25, 0.3) is 0 Å². The predicted octanol–water partition coefficient (Wildman–Crippen LogP) is 3.50. The van der Waals surface area contributed by atoms with Gasteiger partial charge in [0.2, 0.25) is 0 Å². The van der Waals surface area contributed by atoms with Gasteiger partial charge in [0.1, 0.15) is 11.6 Å². The van der Waals surface area contributed by atoms with Crippen molar-refractivity contribution in [1.82, 2.24) is 5.32 Å². The zero-order valence-electron chi connectivity index (χ0n) is 12.5. The number of hydrogen-bond donors (Lipinski definition) is 1. The van der Waals surface area contributed by atoms with Crippen LogP contribution in [0.4, 0.5) is 17.6 Å². The minimum Gasteiger partial charge on any atom is -0.493 e. The van der Waals surface area contributed by atoms with Gasteiger partial charge < -0.3 is 14.8 Å². The Morgan fingerprint density at radius 2 is 1.88 bits per heavy atom. The van der Waals surface area contributed by atoms with E-state index < -0.39 is 24.2 Å². The van der Waals surface area contributed by atoms with E-state index in [-0.39, 0.29) is 23.6 Å². The molecular formula is C16H13F4NO3. The Labute approximate surface area is 135 Å². The average molecular weight is 343 g/mol. The van der Waals surface area contributed by atoms with Crippen molar-refractivity contribution in [3.8, 4) is 11.5 Å². The van der Waals surface area contributed by atoms with Crippen molar-refractivity contribution in [2.45, 2.75) is 13.2 Å². The SMILES string of the molecule is COc1cc(CNC(=O)c2ccc(F)cc2F)ccc1OC(F)F. The molecule has 0 unspecified atom stereocenters. The van der Waals surface area contributed by atoms with Gasteiger partial charge in [-0.25, -0.2) is 8.78 Å². The molecule has 128 valence electrons. The van der Waals surface area contributed by atoms with Crippen LogP contribution in [-0.4, -0.2) is 19.6 Å². The first-order valence-electron chi connectivity index (χ1n) is 6.75. The number of carbonyl (C=O) groups excluding carboxylic acids is 1. The number of benzene rings is 2. The standard InChI is InChI=1S/C16H13F4NO3/c1-23-14-6-9(2-5-13(14)24-16(19)20)8-21-15(22)11-4-3-10(17)7-12(11)18/h2-7,16H,8H2,1H3,(H,21,22). The van der Waals surface area contributed by atoms with Crippen molar-refractivity contribution in [2.24, 2.45) is 0 Å². The third kappa shape index (κ3) is 4.37. The molecule has 2 aromatic rings. The van der Waals surface area contributed by atoms with E-state index in [4.69, 9.17) is 4.74 Å². The molecule has 0 aliphatic rings. The van der Waals surface area contributed by atoms with Crippen molar-refractivity contribution < 1.29 is 31.8 Å². The molecule has 0 atom stereocenters. The zero-order chi connectivity index (χ0) is 17.7. The summed E-state index contributed by atoms with van der Waals surface area (Å²) < 4.78 is 60.1. The first-order chi connectivity index (χ1) is 11.4. The third-order valence-electron chi connectivity index (χ3n) is 3.07. The fourth-order valence-electron chi connectivity index (χ4n) is 1.97. The Kier molecular flexibility index (Phi) is 5.62. The summed E-state index contributed by atoms with van der Waals surface area (Å²) in [5.74, 6) is -2.59. The van der Waals surface area contributed by atoms with Crippen LogP contribution < -0.4 is 14.8 Å². The van der Waals surface area contributed by atoms with Crippen molar-refractivity contribution in [2.75, 3.05) is 7.11 Å². The number of nitrogens with one attached hydrogen (secondary N) is 1. The quantitative estimate of drug-likeness (QED) is 0.817. The van der Waals surface area contributed by atoms with Gasteiger partial charge in [0.05, 0.1) is 12.7 Å². The fourth-order valence-corrected chi connectivity index (χ4v) is 1.97. The van der Waals surface area contributed by atoms with Gasteiger partial charge in [-0.1, -0.05) is 6.07 Å². The predicted molar refractivity (Wildman–Crippen MR) is 77.2 cm³/mol. The van der Waals surface area contributed by atoms with Gasteiger partial charge >= 0.3 is 6.61 Å². The lowest BCUT2D eigenvalue weighted by atomic mass is 10.1. The number of rotatable bonds is 6. The van der Waals surface area contributed by atoms with Crippen molar-refractivity contribution >= 4 is 5.91 Å². The van der Waals surface area contributed by atoms with E-state index in [1.165, 1.54) is 25.3 Å². The van der Waals surface area contributed by atoms with Gasteiger partial charge in [0.25, 0.3) is 5.91 Å². The van der Waals surface area contributed by atoms with Gasteiger partial charge in [-0.3, -0.25) is 4.79 Å². The Balaban J connectivity index is 2.07. The molecule has 0 fully saturated rings. The number of halogens is 4. The zero-order valence-corrected chi connectivity index (χ0v) is 12.5. The molecule has 1 N–H and O–H groups in total. The largest absolute Gasteiger partial charge is 0.493 e. The highest BCUT2D eigenvalue weighted by Crippen LogP contribution is 2.29. The van der Waals surface area contributed by atoms with Gasteiger partial charge in [0, 0.05) is 12.6 Å². The van der Waals surface area contributed by atoms with Gasteiger partial charge in [0.15, 0.2) is 11.5 Å². The normalized spacial score (nSPS) is 10.6. The highest BCUT2D eigenvalue weighted by molar-refractivity contribution is 5.94. The molecule has 0 aromatic heterocycles. The Hall–Kier alpha value is -2.77. The maximum atomic E-state index is 13.5. The van der Waals surface area contributed by atoms with E-state index in [1.807, 2.05) is 0 Å². The van der Waals surface area contributed by atoms with Crippen LogP contribution in [0.2, 0.25) is 0 Å². The first-order valence-corrected chi connectivity index (χ1v) is 6.75. The number of carbonyl (C=O) groups is 1. The molecule has 0 aliphatic heterocycles. The summed E-state index contributed by atoms with van der Waals surface area (Å²) >= 11 is 0. The highest BCUT2D eigenvalue weighted by atomic mass is 19.3. The maximum absolute atomic E-state index is 13.5. The molecule has 8 heteroatoms. The summed E-state index contributed by atoms with van der Waals surface area (Å²) in [6, 6.07) is 6.72. The molecular weight excluding hydrogens is 330 g/mol. The monoisotopic (exact) mass is 343 g/mol. The Bertz CT molecular complexity index is 737. The molecule has 0 heterocycles. The summed E-state index contributed by atoms with van der Waals surface area (Å²) in [6.07, 6.45) is 0. The second-order valence-corrected chi connectivity index (χ2v) is 4.67. The molecule has 0 saturated carbocycles. The maximum Gasteiger partial charge on any atom is 0.387 e. The Morgan fingerprint density at radius 1 is 1.12 bits per heavy atom. The van der Waals surface area contributed by atoms with Crippen LogP contribution in [0.1, 0.15) is 15.9 Å². The summed E-state index contributed by atoms with van der Waals surface area (Å²) in [4.78, 5) is 11.9. The molecule has 1 amide bonds. The van der Waals surface area contributed by atoms with Crippen LogP contribution >= 0.6 is 0 Å². The fraction of sp³-hybridized carbons (Fsp3) is 0.188. The van der Waals surface area contributed by atoms with E-state index in [9.17, 15) is 22.4 Å². The lowest BCUT2D eigenvalue weighted by Crippen LogP contribution is -2.24. The number of hydrogen-bond acceptors (Lipinski definition) is 3. The van der Waals surface area contributed by atoms with Crippen LogP contribution in [0.5, 0.6) is 11.5 Å². The molecule has 0 saturated heterocycles. The first kappa shape index (κ1) is 17.6. The van der Waals surface area contributed by atoms with Gasteiger partial charge in [-0.05, 0) is 29.8 Å². The minimum absolute atomic E-state index is 0.0129. The molecule has 24 heavy (non-hydrogen) atoms. The van der Waals surface area contributed by atoms with E-state index in [0.717, 1.165) is 12.1 Å². The van der Waals surface area contributed by atoms with Crippen LogP contribution in [-0.2, 0) is 6.54 Å². The second-order valence-electron chi connectivity index (χ2n) is 4.67. The lowest BCUT2D eigenvalue weighted by molar-refractivity contribution is -0.0512. The second kappa shape index (κ2) is 7.67.